The summed E-state index contributed by atoms with van der Waals surface area (Å²) < 4.78 is 5.16. The molecule has 7 nitrogen and oxygen atoms in total. The third-order valence-electron chi connectivity index (χ3n) is 4.20. The fourth-order valence-electron chi connectivity index (χ4n) is 2.78. The van der Waals surface area contributed by atoms with Crippen molar-refractivity contribution in [2.75, 3.05) is 38.2 Å². The summed E-state index contributed by atoms with van der Waals surface area (Å²) in [6.45, 7) is 2.46. The Balaban J connectivity index is 1.63. The molecule has 0 aliphatic carbocycles. The first-order chi connectivity index (χ1) is 12.1. The number of amides is 1. The number of carbonyl (C=O) groups excluding carboxylic acids is 1. The molecule has 0 bridgehead atoms. The van der Waals surface area contributed by atoms with Gasteiger partial charge in [0.15, 0.2) is 0 Å². The average molecular weight is 341 g/mol. The Morgan fingerprint density at radius 1 is 1.08 bits per heavy atom. The number of ether oxygens (including phenoxy) is 1. The van der Waals surface area contributed by atoms with Crippen molar-refractivity contribution in [3.63, 3.8) is 0 Å². The van der Waals surface area contributed by atoms with E-state index in [1.54, 1.807) is 48.4 Å². The largest absolute Gasteiger partial charge is 0.497 e. The third kappa shape index (κ3) is 3.71. The monoisotopic (exact) mass is 341 g/mol. The van der Waals surface area contributed by atoms with Crippen LogP contribution >= 0.6 is 0 Å². The zero-order valence-corrected chi connectivity index (χ0v) is 13.9. The number of carboxylic acid groups (broad SMARTS) is 1. The predicted molar refractivity (Wildman–Crippen MR) is 92.3 cm³/mol. The Hall–Kier alpha value is -3.09. The van der Waals surface area contributed by atoms with Crippen molar-refractivity contribution in [1.82, 2.24) is 9.88 Å². The summed E-state index contributed by atoms with van der Waals surface area (Å²) in [5, 5.41) is 8.92. The average Bonchev–Trinajstić information content (AvgIpc) is 2.67. The fourth-order valence-corrected chi connectivity index (χ4v) is 2.78. The van der Waals surface area contributed by atoms with Crippen LogP contribution in [0.1, 0.15) is 20.7 Å². The number of methoxy groups -OCH3 is 1. The van der Waals surface area contributed by atoms with Crippen LogP contribution in [0.25, 0.3) is 0 Å². The summed E-state index contributed by atoms with van der Waals surface area (Å²) >= 11 is 0. The molecule has 1 aliphatic rings. The maximum absolute atomic E-state index is 12.6. The SMILES string of the molecule is COc1cccc(C(=O)N2CCN(c3ccc(C(=O)O)cn3)CC2)c1. The van der Waals surface area contributed by atoms with E-state index in [0.717, 1.165) is 5.82 Å². The number of piperazine rings is 1. The van der Waals surface area contributed by atoms with Gasteiger partial charge in [0.2, 0.25) is 0 Å². The first-order valence-corrected chi connectivity index (χ1v) is 7.96. The zero-order valence-electron chi connectivity index (χ0n) is 13.9. The van der Waals surface area contributed by atoms with Crippen molar-refractivity contribution >= 4 is 17.7 Å². The second kappa shape index (κ2) is 7.21. The molecule has 1 aromatic carbocycles. The summed E-state index contributed by atoms with van der Waals surface area (Å²) in [5.74, 6) is 0.367. The molecule has 1 aliphatic heterocycles. The predicted octanol–water partition coefficient (Wildman–Crippen LogP) is 1.75. The lowest BCUT2D eigenvalue weighted by Gasteiger charge is -2.35. The molecule has 3 rings (SSSR count). The highest BCUT2D eigenvalue weighted by Gasteiger charge is 2.23. The fraction of sp³-hybridized carbons (Fsp3) is 0.278. The molecule has 0 atom stereocenters. The molecule has 0 unspecified atom stereocenters. The summed E-state index contributed by atoms with van der Waals surface area (Å²) in [6.07, 6.45) is 1.35. The van der Waals surface area contributed by atoms with Crippen molar-refractivity contribution < 1.29 is 19.4 Å². The van der Waals surface area contributed by atoms with E-state index in [9.17, 15) is 9.59 Å². The van der Waals surface area contributed by atoms with Gasteiger partial charge < -0.3 is 19.6 Å². The van der Waals surface area contributed by atoms with Crippen LogP contribution in [0, 0.1) is 0 Å². The van der Waals surface area contributed by atoms with Gasteiger partial charge in [-0.05, 0) is 30.3 Å². The number of aromatic carboxylic acids is 1. The van der Waals surface area contributed by atoms with Crippen molar-refractivity contribution in [3.05, 3.63) is 53.7 Å². The van der Waals surface area contributed by atoms with Gasteiger partial charge in [0, 0.05) is 37.9 Å². The van der Waals surface area contributed by atoms with Gasteiger partial charge in [-0.1, -0.05) is 6.07 Å². The van der Waals surface area contributed by atoms with Crippen molar-refractivity contribution in [3.8, 4) is 5.75 Å². The molecule has 0 radical (unpaired) electrons. The van der Waals surface area contributed by atoms with Crippen LogP contribution in [0.2, 0.25) is 0 Å². The number of anilines is 1. The van der Waals surface area contributed by atoms with E-state index in [1.807, 2.05) is 4.90 Å². The van der Waals surface area contributed by atoms with Crippen LogP contribution in [0.4, 0.5) is 5.82 Å². The Morgan fingerprint density at radius 2 is 1.84 bits per heavy atom. The molecule has 0 saturated carbocycles. The molecule has 1 amide bonds. The van der Waals surface area contributed by atoms with Gasteiger partial charge in [-0.15, -0.1) is 0 Å². The maximum Gasteiger partial charge on any atom is 0.337 e. The molecule has 1 aromatic heterocycles. The van der Waals surface area contributed by atoms with E-state index < -0.39 is 5.97 Å². The number of benzene rings is 1. The maximum atomic E-state index is 12.6. The highest BCUT2D eigenvalue weighted by atomic mass is 16.5. The topological polar surface area (TPSA) is 83.0 Å². The van der Waals surface area contributed by atoms with Crippen LogP contribution < -0.4 is 9.64 Å². The number of nitrogens with zero attached hydrogens (tertiary/aromatic N) is 3. The van der Waals surface area contributed by atoms with Gasteiger partial charge in [-0.25, -0.2) is 9.78 Å². The van der Waals surface area contributed by atoms with Crippen LogP contribution in [0.5, 0.6) is 5.75 Å². The number of hydrogen-bond acceptors (Lipinski definition) is 5. The Labute approximate surface area is 145 Å². The third-order valence-corrected chi connectivity index (χ3v) is 4.20. The Kier molecular flexibility index (Phi) is 4.83. The molecule has 25 heavy (non-hydrogen) atoms. The molecule has 7 heteroatoms. The number of hydrogen-bond donors (Lipinski definition) is 1. The van der Waals surface area contributed by atoms with Gasteiger partial charge in [0.25, 0.3) is 5.91 Å². The molecular weight excluding hydrogens is 322 g/mol. The highest BCUT2D eigenvalue weighted by molar-refractivity contribution is 5.94. The molecule has 1 saturated heterocycles. The summed E-state index contributed by atoms with van der Waals surface area (Å²) in [6, 6.07) is 10.4. The van der Waals surface area contributed by atoms with Gasteiger partial charge in [-0.2, -0.15) is 0 Å². The van der Waals surface area contributed by atoms with Crippen LogP contribution in [0.3, 0.4) is 0 Å². The first kappa shape index (κ1) is 16.8. The van der Waals surface area contributed by atoms with Gasteiger partial charge in [0.05, 0.1) is 12.7 Å². The van der Waals surface area contributed by atoms with Crippen LogP contribution in [-0.2, 0) is 0 Å². The second-order valence-electron chi connectivity index (χ2n) is 5.72. The van der Waals surface area contributed by atoms with E-state index in [2.05, 4.69) is 4.98 Å². The van der Waals surface area contributed by atoms with Crippen LogP contribution in [-0.4, -0.2) is 60.2 Å². The lowest BCUT2D eigenvalue weighted by Crippen LogP contribution is -2.49. The lowest BCUT2D eigenvalue weighted by atomic mass is 10.1. The van der Waals surface area contributed by atoms with Gasteiger partial charge >= 0.3 is 5.97 Å². The summed E-state index contributed by atoms with van der Waals surface area (Å²) in [5.41, 5.74) is 0.771. The van der Waals surface area contributed by atoms with Crippen molar-refractivity contribution in [2.24, 2.45) is 0 Å². The van der Waals surface area contributed by atoms with Crippen LogP contribution in [0.15, 0.2) is 42.6 Å². The number of pyridine rings is 1. The van der Waals surface area contributed by atoms with E-state index in [0.29, 0.717) is 37.5 Å². The standard InChI is InChI=1S/C18H19N3O4/c1-25-15-4-2-3-13(11-15)17(22)21-9-7-20(8-10-21)16-6-5-14(12-19-16)18(23)24/h2-6,11-12H,7-10H2,1H3,(H,23,24). The minimum Gasteiger partial charge on any atom is -0.497 e. The minimum atomic E-state index is -0.993. The molecule has 1 fully saturated rings. The quantitative estimate of drug-likeness (QED) is 0.912. The number of carbonyl (C=O) groups is 2. The Bertz CT molecular complexity index is 768. The van der Waals surface area contributed by atoms with E-state index in [1.165, 1.54) is 6.20 Å². The number of aromatic nitrogens is 1. The molecular formula is C18H19N3O4. The second-order valence-corrected chi connectivity index (χ2v) is 5.72. The zero-order chi connectivity index (χ0) is 17.8. The van der Waals surface area contributed by atoms with Crippen molar-refractivity contribution in [1.29, 1.82) is 0 Å². The van der Waals surface area contributed by atoms with E-state index in [4.69, 9.17) is 9.84 Å². The van der Waals surface area contributed by atoms with E-state index >= 15 is 0 Å². The number of rotatable bonds is 4. The van der Waals surface area contributed by atoms with Crippen molar-refractivity contribution in [2.45, 2.75) is 0 Å². The molecule has 0 spiro atoms. The first-order valence-electron chi connectivity index (χ1n) is 7.96. The Morgan fingerprint density at radius 3 is 2.44 bits per heavy atom. The smallest absolute Gasteiger partial charge is 0.337 e. The van der Waals surface area contributed by atoms with Gasteiger partial charge in [0.1, 0.15) is 11.6 Å². The summed E-state index contributed by atoms with van der Waals surface area (Å²) in [7, 11) is 1.57. The normalized spacial score (nSPS) is 14.3. The molecule has 2 heterocycles. The molecule has 130 valence electrons. The summed E-state index contributed by atoms with van der Waals surface area (Å²) in [4.78, 5) is 31.5. The van der Waals surface area contributed by atoms with E-state index in [-0.39, 0.29) is 11.5 Å². The highest BCUT2D eigenvalue weighted by Crippen LogP contribution is 2.18. The molecule has 1 N–H and O–H groups in total. The minimum absolute atomic E-state index is 0.0206. The van der Waals surface area contributed by atoms with Gasteiger partial charge in [-0.3, -0.25) is 4.79 Å². The molecule has 2 aromatic rings. The lowest BCUT2D eigenvalue weighted by molar-refractivity contribution is 0.0694. The number of carboxylic acids is 1.